The summed E-state index contributed by atoms with van der Waals surface area (Å²) in [5, 5.41) is 0. The first-order chi connectivity index (χ1) is 5.20. The van der Waals surface area contributed by atoms with E-state index in [-0.39, 0.29) is 5.54 Å². The quantitative estimate of drug-likeness (QED) is 0.563. The highest BCUT2D eigenvalue weighted by atomic mass is 16.5. The third-order valence-electron chi connectivity index (χ3n) is 2.67. The number of nitrogens with zero attached hydrogens (tertiary/aromatic N) is 1. The van der Waals surface area contributed by atoms with Crippen LogP contribution < -0.4 is 5.73 Å². The molecule has 2 atom stereocenters. The van der Waals surface area contributed by atoms with E-state index in [1.807, 2.05) is 0 Å². The van der Waals surface area contributed by atoms with Gasteiger partial charge in [0.15, 0.2) is 0 Å². The molecule has 1 aliphatic heterocycles. The van der Waals surface area contributed by atoms with Crippen LogP contribution in [0.3, 0.4) is 0 Å². The van der Waals surface area contributed by atoms with Gasteiger partial charge in [0, 0.05) is 0 Å². The number of amidine groups is 1. The predicted octanol–water partition coefficient (Wildman–Crippen LogP) is 0.890. The average Bonchev–Trinajstić information content (AvgIpc) is 2.44. The molecule has 0 saturated heterocycles. The molecule has 2 aliphatic rings. The summed E-state index contributed by atoms with van der Waals surface area (Å²) in [5.41, 5.74) is 5.54. The van der Waals surface area contributed by atoms with Crippen molar-refractivity contribution < 1.29 is 4.74 Å². The fourth-order valence-electron chi connectivity index (χ4n) is 2.11. The second-order valence-electron chi connectivity index (χ2n) is 3.81. The van der Waals surface area contributed by atoms with Crippen LogP contribution in [-0.2, 0) is 4.74 Å². The lowest BCUT2D eigenvalue weighted by molar-refractivity contribution is 0.251. The molecule has 0 bridgehead atoms. The van der Waals surface area contributed by atoms with Gasteiger partial charge >= 0.3 is 0 Å². The van der Waals surface area contributed by atoms with Gasteiger partial charge in [-0.2, -0.15) is 0 Å². The van der Waals surface area contributed by atoms with Gasteiger partial charge in [-0.3, -0.25) is 0 Å². The summed E-state index contributed by atoms with van der Waals surface area (Å²) >= 11 is 0. The van der Waals surface area contributed by atoms with Gasteiger partial charge in [-0.05, 0) is 25.2 Å². The second-order valence-corrected chi connectivity index (χ2v) is 3.81. The topological polar surface area (TPSA) is 47.6 Å². The van der Waals surface area contributed by atoms with Gasteiger partial charge in [0.05, 0.1) is 0 Å². The fourth-order valence-corrected chi connectivity index (χ4v) is 2.11. The van der Waals surface area contributed by atoms with E-state index in [1.165, 1.54) is 6.42 Å². The van der Waals surface area contributed by atoms with E-state index < -0.39 is 0 Å². The van der Waals surface area contributed by atoms with Gasteiger partial charge < -0.3 is 10.5 Å². The Hall–Kier alpha value is -0.730. The van der Waals surface area contributed by atoms with Crippen molar-refractivity contribution in [2.24, 2.45) is 16.6 Å². The van der Waals surface area contributed by atoms with Gasteiger partial charge in [0.1, 0.15) is 12.1 Å². The largest absolute Gasteiger partial charge is 0.463 e. The average molecular weight is 154 g/mol. The zero-order chi connectivity index (χ0) is 7.90. The minimum absolute atomic E-state index is 0.0729. The van der Waals surface area contributed by atoms with Crippen molar-refractivity contribution in [1.29, 1.82) is 0 Å². The lowest BCUT2D eigenvalue weighted by Crippen LogP contribution is -2.23. The number of ether oxygens (including phenoxy) is 1. The molecule has 0 radical (unpaired) electrons. The monoisotopic (exact) mass is 154 g/mol. The Balaban J connectivity index is 2.13. The van der Waals surface area contributed by atoms with E-state index in [9.17, 15) is 0 Å². The first-order valence-corrected chi connectivity index (χ1v) is 4.18. The van der Waals surface area contributed by atoms with Gasteiger partial charge in [0.2, 0.25) is 0 Å². The van der Waals surface area contributed by atoms with Crippen molar-refractivity contribution in [3.05, 3.63) is 0 Å². The molecule has 3 heteroatoms. The molecule has 2 unspecified atom stereocenters. The van der Waals surface area contributed by atoms with Gasteiger partial charge in [-0.15, -0.1) is 0 Å². The van der Waals surface area contributed by atoms with E-state index in [1.54, 1.807) is 0 Å². The second kappa shape index (κ2) is 2.13. The van der Waals surface area contributed by atoms with Crippen LogP contribution in [0.2, 0.25) is 0 Å². The minimum atomic E-state index is 0.0729. The molecule has 62 valence electrons. The lowest BCUT2D eigenvalue weighted by Gasteiger charge is -2.15. The van der Waals surface area contributed by atoms with Gasteiger partial charge in [-0.1, -0.05) is 6.92 Å². The molecule has 1 spiro atoms. The molecule has 0 aromatic heterocycles. The summed E-state index contributed by atoms with van der Waals surface area (Å²) in [6.07, 6.45) is 3.56. The Labute approximate surface area is 66.6 Å². The van der Waals surface area contributed by atoms with E-state index in [2.05, 4.69) is 11.9 Å². The van der Waals surface area contributed by atoms with Crippen molar-refractivity contribution in [3.63, 3.8) is 0 Å². The number of hydrogen-bond donors (Lipinski definition) is 1. The summed E-state index contributed by atoms with van der Waals surface area (Å²) in [5.74, 6) is 0.785. The highest BCUT2D eigenvalue weighted by Gasteiger charge is 2.41. The molecule has 1 aliphatic carbocycles. The summed E-state index contributed by atoms with van der Waals surface area (Å²) < 4.78 is 5.17. The zero-order valence-electron chi connectivity index (χ0n) is 6.84. The van der Waals surface area contributed by atoms with Crippen LogP contribution in [0.25, 0.3) is 0 Å². The van der Waals surface area contributed by atoms with Crippen LogP contribution in [-0.4, -0.2) is 18.2 Å². The summed E-state index contributed by atoms with van der Waals surface area (Å²) in [6.45, 7) is 2.97. The Morgan fingerprint density at radius 3 is 3.00 bits per heavy atom. The predicted molar refractivity (Wildman–Crippen MR) is 43.3 cm³/mol. The van der Waals surface area contributed by atoms with E-state index in [0.29, 0.717) is 12.6 Å². The molecular formula is C8H14N2O. The zero-order valence-corrected chi connectivity index (χ0v) is 6.84. The molecule has 2 N–H and O–H groups in total. The number of aliphatic imine (C=N–C) groups is 1. The van der Waals surface area contributed by atoms with Crippen molar-refractivity contribution in [2.75, 3.05) is 6.61 Å². The summed E-state index contributed by atoms with van der Waals surface area (Å²) in [4.78, 5) is 4.34. The maximum absolute atomic E-state index is 5.46. The Morgan fingerprint density at radius 1 is 1.73 bits per heavy atom. The van der Waals surface area contributed by atoms with Crippen LogP contribution in [0.1, 0.15) is 26.2 Å². The molecular weight excluding hydrogens is 140 g/mol. The number of rotatable bonds is 0. The van der Waals surface area contributed by atoms with E-state index >= 15 is 0 Å². The highest BCUT2D eigenvalue weighted by molar-refractivity contribution is 5.73. The standard InChI is InChI=1S/C8H14N2O/c1-6-2-3-8(4-6)5-11-7(9)10-8/h6H,2-5H2,1H3,(H2,9,10). The molecule has 2 rings (SSSR count). The third-order valence-corrected chi connectivity index (χ3v) is 2.67. The molecule has 1 saturated carbocycles. The first-order valence-electron chi connectivity index (χ1n) is 4.18. The maximum atomic E-state index is 5.46. The maximum Gasteiger partial charge on any atom is 0.282 e. The van der Waals surface area contributed by atoms with Crippen LogP contribution in [0.5, 0.6) is 0 Å². The molecule has 0 aromatic rings. The van der Waals surface area contributed by atoms with Crippen molar-refractivity contribution >= 4 is 6.02 Å². The normalized spacial score (nSPS) is 42.6. The van der Waals surface area contributed by atoms with Crippen LogP contribution in [0, 0.1) is 5.92 Å². The first kappa shape index (κ1) is 6.95. The number of nitrogens with two attached hydrogens (primary N) is 1. The molecule has 11 heavy (non-hydrogen) atoms. The summed E-state index contributed by atoms with van der Waals surface area (Å²) in [7, 11) is 0. The lowest BCUT2D eigenvalue weighted by atomic mass is 9.99. The highest BCUT2D eigenvalue weighted by Crippen LogP contribution is 2.39. The number of hydrogen-bond acceptors (Lipinski definition) is 3. The fraction of sp³-hybridized carbons (Fsp3) is 0.875. The van der Waals surface area contributed by atoms with Gasteiger partial charge in [0.25, 0.3) is 6.02 Å². The Morgan fingerprint density at radius 2 is 2.55 bits per heavy atom. The Kier molecular flexibility index (Phi) is 1.34. The van der Waals surface area contributed by atoms with E-state index in [0.717, 1.165) is 18.8 Å². The molecule has 0 amide bonds. The van der Waals surface area contributed by atoms with Gasteiger partial charge in [-0.25, -0.2) is 4.99 Å². The van der Waals surface area contributed by atoms with Crippen molar-refractivity contribution in [2.45, 2.75) is 31.7 Å². The smallest absolute Gasteiger partial charge is 0.282 e. The minimum Gasteiger partial charge on any atom is -0.463 e. The van der Waals surface area contributed by atoms with Crippen molar-refractivity contribution in [1.82, 2.24) is 0 Å². The van der Waals surface area contributed by atoms with Crippen LogP contribution in [0.15, 0.2) is 4.99 Å². The third kappa shape index (κ3) is 1.08. The summed E-state index contributed by atoms with van der Waals surface area (Å²) in [6, 6.07) is 0.388. The van der Waals surface area contributed by atoms with Crippen molar-refractivity contribution in [3.8, 4) is 0 Å². The molecule has 0 aromatic carbocycles. The van der Waals surface area contributed by atoms with E-state index in [4.69, 9.17) is 10.5 Å². The molecule has 3 nitrogen and oxygen atoms in total. The Bertz CT molecular complexity index is 202. The van der Waals surface area contributed by atoms with Crippen LogP contribution >= 0.6 is 0 Å². The van der Waals surface area contributed by atoms with Crippen LogP contribution in [0.4, 0.5) is 0 Å². The molecule has 1 heterocycles. The molecule has 1 fully saturated rings. The SMILES string of the molecule is CC1CCC2(COC(N)=N2)C1.